The average Bonchev–Trinajstić information content (AvgIpc) is 2.89. The van der Waals surface area contributed by atoms with Crippen molar-refractivity contribution in [3.8, 4) is 0 Å². The highest BCUT2D eigenvalue weighted by Gasteiger charge is 2.15. The lowest BCUT2D eigenvalue weighted by Crippen LogP contribution is -2.18. The summed E-state index contributed by atoms with van der Waals surface area (Å²) in [4.78, 5) is 24.4. The molecule has 0 saturated carbocycles. The Morgan fingerprint density at radius 3 is 2.68 bits per heavy atom. The van der Waals surface area contributed by atoms with Crippen molar-refractivity contribution in [1.29, 1.82) is 0 Å². The summed E-state index contributed by atoms with van der Waals surface area (Å²) in [6.45, 7) is 6.62. The molecule has 0 aliphatic heterocycles. The number of carbonyl (C=O) groups excluding carboxylic acids is 2. The number of aromatic nitrogens is 2. The molecule has 0 atom stereocenters. The number of halogens is 1. The van der Waals surface area contributed by atoms with Crippen LogP contribution >= 0.6 is 15.9 Å². The molecule has 0 aliphatic carbocycles. The van der Waals surface area contributed by atoms with E-state index < -0.39 is 5.97 Å². The number of hydrogen-bond acceptors (Lipinski definition) is 4. The first kappa shape index (κ1) is 19.2. The smallest absolute Gasteiger partial charge is 0.340 e. The maximum Gasteiger partial charge on any atom is 0.340 e. The Labute approximate surface area is 155 Å². The fraction of sp³-hybridized carbons (Fsp3) is 0.389. The Morgan fingerprint density at radius 2 is 2.04 bits per heavy atom. The lowest BCUT2D eigenvalue weighted by molar-refractivity contribution is -0.116. The van der Waals surface area contributed by atoms with Gasteiger partial charge in [0.05, 0.1) is 23.6 Å². The SMILES string of the molecule is CCCOC(=O)c1cc(Br)ccc1NC(=O)CCn1nc(C)cc1C. The third-order valence-corrected chi connectivity index (χ3v) is 4.06. The number of ether oxygens (including phenoxy) is 1. The molecule has 0 aliphatic rings. The highest BCUT2D eigenvalue weighted by molar-refractivity contribution is 9.10. The van der Waals surface area contributed by atoms with E-state index in [1.807, 2.05) is 26.8 Å². The van der Waals surface area contributed by atoms with Crippen molar-refractivity contribution in [2.75, 3.05) is 11.9 Å². The summed E-state index contributed by atoms with van der Waals surface area (Å²) in [5.41, 5.74) is 2.72. The van der Waals surface area contributed by atoms with Crippen LogP contribution in [-0.4, -0.2) is 28.3 Å². The van der Waals surface area contributed by atoms with Crippen LogP contribution in [-0.2, 0) is 16.1 Å². The van der Waals surface area contributed by atoms with E-state index in [9.17, 15) is 9.59 Å². The Hall–Kier alpha value is -2.15. The van der Waals surface area contributed by atoms with Gasteiger partial charge in [0.25, 0.3) is 0 Å². The fourth-order valence-corrected chi connectivity index (χ4v) is 2.75. The average molecular weight is 408 g/mol. The third kappa shape index (κ3) is 5.42. The van der Waals surface area contributed by atoms with Crippen molar-refractivity contribution < 1.29 is 14.3 Å². The summed E-state index contributed by atoms with van der Waals surface area (Å²) in [5, 5.41) is 7.13. The molecule has 134 valence electrons. The minimum atomic E-state index is -0.447. The van der Waals surface area contributed by atoms with Gasteiger partial charge in [-0.15, -0.1) is 0 Å². The van der Waals surface area contributed by atoms with Crippen LogP contribution in [0.15, 0.2) is 28.7 Å². The molecule has 1 N–H and O–H groups in total. The predicted molar refractivity (Wildman–Crippen MR) is 99.7 cm³/mol. The van der Waals surface area contributed by atoms with E-state index in [-0.39, 0.29) is 12.3 Å². The molecule has 0 bridgehead atoms. The maximum absolute atomic E-state index is 12.3. The Bertz CT molecular complexity index is 771. The largest absolute Gasteiger partial charge is 0.462 e. The minimum absolute atomic E-state index is 0.181. The van der Waals surface area contributed by atoms with Gasteiger partial charge >= 0.3 is 5.97 Å². The fourth-order valence-electron chi connectivity index (χ4n) is 2.39. The van der Waals surface area contributed by atoms with Gasteiger partial charge in [-0.1, -0.05) is 22.9 Å². The number of benzene rings is 1. The van der Waals surface area contributed by atoms with Crippen LogP contribution in [0, 0.1) is 13.8 Å². The number of esters is 1. The second kappa shape index (κ2) is 8.80. The van der Waals surface area contributed by atoms with Gasteiger partial charge in [-0.3, -0.25) is 9.48 Å². The van der Waals surface area contributed by atoms with Crippen LogP contribution in [0.25, 0.3) is 0 Å². The van der Waals surface area contributed by atoms with E-state index in [1.165, 1.54) is 0 Å². The van der Waals surface area contributed by atoms with Crippen molar-refractivity contribution in [2.45, 2.75) is 40.2 Å². The molecule has 0 saturated heterocycles. The molecule has 25 heavy (non-hydrogen) atoms. The van der Waals surface area contributed by atoms with Crippen LogP contribution in [0.5, 0.6) is 0 Å². The summed E-state index contributed by atoms with van der Waals surface area (Å²) >= 11 is 3.34. The van der Waals surface area contributed by atoms with Crippen LogP contribution in [0.3, 0.4) is 0 Å². The number of aryl methyl sites for hydroxylation is 3. The Balaban J connectivity index is 2.04. The van der Waals surface area contributed by atoms with E-state index >= 15 is 0 Å². The van der Waals surface area contributed by atoms with Crippen LogP contribution < -0.4 is 5.32 Å². The van der Waals surface area contributed by atoms with E-state index in [0.717, 1.165) is 22.3 Å². The summed E-state index contributed by atoms with van der Waals surface area (Å²) < 4.78 is 7.72. The Morgan fingerprint density at radius 1 is 1.28 bits per heavy atom. The van der Waals surface area contributed by atoms with Gasteiger partial charge < -0.3 is 10.1 Å². The summed E-state index contributed by atoms with van der Waals surface area (Å²) in [6, 6.07) is 7.07. The molecule has 1 heterocycles. The molecular formula is C18H22BrN3O3. The van der Waals surface area contributed by atoms with Crippen molar-refractivity contribution >= 4 is 33.5 Å². The van der Waals surface area contributed by atoms with Crippen LogP contribution in [0.4, 0.5) is 5.69 Å². The summed E-state index contributed by atoms with van der Waals surface area (Å²) in [6.07, 6.45) is 1.01. The zero-order valence-electron chi connectivity index (χ0n) is 14.6. The van der Waals surface area contributed by atoms with E-state index in [0.29, 0.717) is 24.4 Å². The van der Waals surface area contributed by atoms with Gasteiger partial charge in [0.15, 0.2) is 0 Å². The molecule has 1 amide bonds. The highest BCUT2D eigenvalue weighted by Crippen LogP contribution is 2.22. The van der Waals surface area contributed by atoms with Crippen molar-refractivity contribution in [3.05, 3.63) is 45.7 Å². The Kier molecular flexibility index (Phi) is 6.75. The molecule has 1 aromatic carbocycles. The number of rotatable bonds is 7. The zero-order chi connectivity index (χ0) is 18.4. The number of nitrogens with one attached hydrogen (secondary N) is 1. The molecule has 0 spiro atoms. The van der Waals surface area contributed by atoms with Gasteiger partial charge in [0.1, 0.15) is 0 Å². The van der Waals surface area contributed by atoms with Gasteiger partial charge in [-0.05, 0) is 44.5 Å². The number of amides is 1. The first-order valence-electron chi connectivity index (χ1n) is 8.18. The van der Waals surface area contributed by atoms with Crippen LogP contribution in [0.1, 0.15) is 41.5 Å². The number of anilines is 1. The van der Waals surface area contributed by atoms with Gasteiger partial charge in [0.2, 0.25) is 5.91 Å². The second-order valence-electron chi connectivity index (χ2n) is 5.77. The van der Waals surface area contributed by atoms with Crippen molar-refractivity contribution in [2.24, 2.45) is 0 Å². The number of carbonyl (C=O) groups is 2. The first-order valence-corrected chi connectivity index (χ1v) is 8.97. The first-order chi connectivity index (χ1) is 11.9. The number of hydrogen-bond donors (Lipinski definition) is 1. The van der Waals surface area contributed by atoms with E-state index in [2.05, 4.69) is 26.3 Å². The molecular weight excluding hydrogens is 386 g/mol. The van der Waals surface area contributed by atoms with E-state index in [1.54, 1.807) is 22.9 Å². The molecule has 1 aromatic heterocycles. The summed E-state index contributed by atoms with van der Waals surface area (Å²) in [5.74, 6) is -0.628. The van der Waals surface area contributed by atoms with Gasteiger partial charge in [-0.2, -0.15) is 5.10 Å². The highest BCUT2D eigenvalue weighted by atomic mass is 79.9. The molecule has 2 aromatic rings. The molecule has 0 fully saturated rings. The molecule has 6 nitrogen and oxygen atoms in total. The molecule has 2 rings (SSSR count). The van der Waals surface area contributed by atoms with Gasteiger partial charge in [0, 0.05) is 23.1 Å². The minimum Gasteiger partial charge on any atom is -0.462 e. The maximum atomic E-state index is 12.3. The monoisotopic (exact) mass is 407 g/mol. The molecule has 0 radical (unpaired) electrons. The van der Waals surface area contributed by atoms with E-state index in [4.69, 9.17) is 4.74 Å². The van der Waals surface area contributed by atoms with Gasteiger partial charge in [-0.25, -0.2) is 4.79 Å². The normalized spacial score (nSPS) is 10.6. The second-order valence-corrected chi connectivity index (χ2v) is 6.69. The van der Waals surface area contributed by atoms with Crippen LogP contribution in [0.2, 0.25) is 0 Å². The summed E-state index contributed by atoms with van der Waals surface area (Å²) in [7, 11) is 0. The lowest BCUT2D eigenvalue weighted by Gasteiger charge is -2.12. The predicted octanol–water partition coefficient (Wildman–Crippen LogP) is 3.86. The topological polar surface area (TPSA) is 73.2 Å². The number of nitrogens with zero attached hydrogens (tertiary/aromatic N) is 2. The van der Waals surface area contributed by atoms with Crippen molar-refractivity contribution in [1.82, 2.24) is 9.78 Å². The molecule has 7 heteroatoms. The quantitative estimate of drug-likeness (QED) is 0.707. The zero-order valence-corrected chi connectivity index (χ0v) is 16.2. The van der Waals surface area contributed by atoms with Crippen molar-refractivity contribution in [3.63, 3.8) is 0 Å². The lowest BCUT2D eigenvalue weighted by atomic mass is 10.1. The molecule has 0 unspecified atom stereocenters. The third-order valence-electron chi connectivity index (χ3n) is 3.57. The standard InChI is InChI=1S/C18H22BrN3O3/c1-4-9-25-18(24)15-11-14(19)5-6-16(15)20-17(23)7-8-22-13(3)10-12(2)21-22/h5-6,10-11H,4,7-9H2,1-3H3,(H,20,23).